The van der Waals surface area contributed by atoms with Gasteiger partial charge < -0.3 is 0 Å². The van der Waals surface area contributed by atoms with Crippen molar-refractivity contribution >= 4 is 22.1 Å². The van der Waals surface area contributed by atoms with Crippen LogP contribution in [0.2, 0.25) is 0 Å². The molecule has 0 aliphatic heterocycles. The number of rotatable bonds is 8. The molecule has 0 atom stereocenters. The van der Waals surface area contributed by atoms with Gasteiger partial charge in [0.05, 0.1) is 0 Å². The number of hydrogen-bond donors (Lipinski definition) is 0. The standard InChI is InChI=1S/C46H40N4/c1-35-47(31-39-15-7-3-8-16-39)43-27-25-37(29-45(43)49(35)33-41-19-11-5-12-20-41)23-24-38-26-28-44-46(30-38)50(34-42-21-13-6-14-22-42)36(2)48(44)32-40-17-9-4-10-18-40/h3-22,25-30H,31-34H2,1-2H3/q+2. The van der Waals surface area contributed by atoms with E-state index in [9.17, 15) is 0 Å². The van der Waals surface area contributed by atoms with Crippen molar-refractivity contribution in [2.45, 2.75) is 40.0 Å². The molecular formula is C46H40N4+2. The molecule has 0 unspecified atom stereocenters. The third-order valence-electron chi connectivity index (χ3n) is 9.76. The van der Waals surface area contributed by atoms with Gasteiger partial charge in [-0.25, -0.2) is 18.3 Å². The predicted molar refractivity (Wildman–Crippen MR) is 202 cm³/mol. The van der Waals surface area contributed by atoms with Crippen LogP contribution in [0.4, 0.5) is 0 Å². The first-order chi connectivity index (χ1) is 24.6. The second kappa shape index (κ2) is 13.7. The monoisotopic (exact) mass is 648 g/mol. The van der Waals surface area contributed by atoms with Gasteiger partial charge in [-0.2, -0.15) is 0 Å². The van der Waals surface area contributed by atoms with E-state index in [1.54, 1.807) is 0 Å². The molecule has 0 N–H and O–H groups in total. The second-order valence-corrected chi connectivity index (χ2v) is 13.0. The highest BCUT2D eigenvalue weighted by Gasteiger charge is 2.24. The lowest BCUT2D eigenvalue weighted by Gasteiger charge is -2.03. The molecule has 2 aromatic heterocycles. The van der Waals surface area contributed by atoms with E-state index >= 15 is 0 Å². The van der Waals surface area contributed by atoms with Gasteiger partial charge in [0.1, 0.15) is 26.2 Å². The molecule has 0 bridgehead atoms. The summed E-state index contributed by atoms with van der Waals surface area (Å²) in [5, 5.41) is 0. The van der Waals surface area contributed by atoms with Crippen LogP contribution in [0.5, 0.6) is 0 Å². The highest BCUT2D eigenvalue weighted by atomic mass is 15.2. The minimum absolute atomic E-state index is 0.805. The lowest BCUT2D eigenvalue weighted by molar-refractivity contribution is -0.669. The van der Waals surface area contributed by atoms with E-state index in [4.69, 9.17) is 0 Å². The van der Waals surface area contributed by atoms with Crippen molar-refractivity contribution in [2.75, 3.05) is 0 Å². The van der Waals surface area contributed by atoms with Gasteiger partial charge in [-0.15, -0.1) is 0 Å². The molecule has 8 aromatic rings. The Balaban J connectivity index is 1.19. The summed E-state index contributed by atoms with van der Waals surface area (Å²) in [7, 11) is 0. The van der Waals surface area contributed by atoms with Gasteiger partial charge in [0.15, 0.2) is 22.1 Å². The number of imidazole rings is 2. The van der Waals surface area contributed by atoms with Gasteiger partial charge >= 0.3 is 0 Å². The summed E-state index contributed by atoms with van der Waals surface area (Å²) < 4.78 is 9.70. The maximum absolute atomic E-state index is 3.53. The molecule has 0 spiro atoms. The lowest BCUT2D eigenvalue weighted by Crippen LogP contribution is -2.37. The van der Waals surface area contributed by atoms with Crippen molar-refractivity contribution in [1.82, 2.24) is 9.13 Å². The van der Waals surface area contributed by atoms with Crippen molar-refractivity contribution < 1.29 is 9.13 Å². The third kappa shape index (κ3) is 6.34. The van der Waals surface area contributed by atoms with Crippen molar-refractivity contribution in [3.8, 4) is 11.8 Å². The Morgan fingerprint density at radius 2 is 0.760 bits per heavy atom. The Hall–Kier alpha value is -6.18. The van der Waals surface area contributed by atoms with E-state index in [1.807, 2.05) is 0 Å². The molecule has 0 aliphatic rings. The first-order valence-electron chi connectivity index (χ1n) is 17.3. The SMILES string of the molecule is Cc1n(Cc2ccccc2)c2cc(C#Cc3ccc4c(c3)n(Cc3ccccc3)c(C)[n+]4Cc3ccccc3)ccc2[n+]1Cc1ccccc1. The number of nitrogens with zero attached hydrogens (tertiary/aromatic N) is 4. The van der Waals surface area contributed by atoms with Crippen LogP contribution in [-0.2, 0) is 26.2 Å². The Morgan fingerprint density at radius 3 is 1.12 bits per heavy atom. The van der Waals surface area contributed by atoms with E-state index < -0.39 is 0 Å². The molecule has 0 saturated heterocycles. The largest absolute Gasteiger partial charge is 0.254 e. The lowest BCUT2D eigenvalue weighted by atomic mass is 10.1. The molecule has 0 fully saturated rings. The van der Waals surface area contributed by atoms with Crippen LogP contribution in [-0.4, -0.2) is 9.13 Å². The van der Waals surface area contributed by atoms with Gasteiger partial charge in [-0.1, -0.05) is 133 Å². The van der Waals surface area contributed by atoms with Crippen molar-refractivity contribution in [3.63, 3.8) is 0 Å². The van der Waals surface area contributed by atoms with E-state index in [-0.39, 0.29) is 0 Å². The highest BCUT2D eigenvalue weighted by molar-refractivity contribution is 5.76. The van der Waals surface area contributed by atoms with Gasteiger partial charge in [-0.05, 0) is 46.5 Å². The quantitative estimate of drug-likeness (QED) is 0.116. The van der Waals surface area contributed by atoms with Crippen LogP contribution in [0.15, 0.2) is 158 Å². The predicted octanol–water partition coefficient (Wildman–Crippen LogP) is 8.38. The molecule has 6 aromatic carbocycles. The molecule has 0 radical (unpaired) electrons. The smallest absolute Gasteiger partial charge is 0.223 e. The van der Waals surface area contributed by atoms with Crippen molar-refractivity contribution in [1.29, 1.82) is 0 Å². The third-order valence-corrected chi connectivity index (χ3v) is 9.76. The van der Waals surface area contributed by atoms with E-state index in [0.717, 1.165) is 37.3 Å². The number of aromatic nitrogens is 4. The zero-order valence-electron chi connectivity index (χ0n) is 28.6. The van der Waals surface area contributed by atoms with Crippen LogP contribution >= 0.6 is 0 Å². The van der Waals surface area contributed by atoms with Crippen molar-refractivity contribution in [2.24, 2.45) is 0 Å². The fraction of sp³-hybridized carbons (Fsp3) is 0.130. The normalized spacial score (nSPS) is 11.2. The highest BCUT2D eigenvalue weighted by Crippen LogP contribution is 2.21. The molecule has 0 saturated carbocycles. The number of hydrogen-bond acceptors (Lipinski definition) is 0. The fourth-order valence-electron chi connectivity index (χ4n) is 7.09. The van der Waals surface area contributed by atoms with Crippen LogP contribution in [0.3, 0.4) is 0 Å². The Kier molecular flexibility index (Phi) is 8.55. The van der Waals surface area contributed by atoms with Crippen molar-refractivity contribution in [3.05, 3.63) is 203 Å². The van der Waals surface area contributed by atoms with Gasteiger partial charge in [-0.3, -0.25) is 0 Å². The number of fused-ring (bicyclic) bond motifs is 2. The van der Waals surface area contributed by atoms with Crippen LogP contribution < -0.4 is 9.13 Å². The molecular weight excluding hydrogens is 609 g/mol. The van der Waals surface area contributed by atoms with Gasteiger partial charge in [0.25, 0.3) is 11.6 Å². The van der Waals surface area contributed by atoms with E-state index in [1.165, 1.54) is 56.0 Å². The summed E-state index contributed by atoms with van der Waals surface area (Å²) in [6, 6.07) is 56.1. The minimum Gasteiger partial charge on any atom is -0.223 e. The maximum atomic E-state index is 3.53. The van der Waals surface area contributed by atoms with Crippen LogP contribution in [0.25, 0.3) is 22.1 Å². The Morgan fingerprint density at radius 1 is 0.420 bits per heavy atom. The van der Waals surface area contributed by atoms with Gasteiger partial charge in [0.2, 0.25) is 0 Å². The molecule has 0 aliphatic carbocycles. The molecule has 8 rings (SSSR count). The van der Waals surface area contributed by atoms with Crippen LogP contribution in [0.1, 0.15) is 45.0 Å². The molecule has 242 valence electrons. The first-order valence-corrected chi connectivity index (χ1v) is 17.3. The Bertz CT molecular complexity index is 2310. The summed E-state index contributed by atoms with van der Waals surface area (Å²) in [6.07, 6.45) is 0. The topological polar surface area (TPSA) is 17.6 Å². The van der Waals surface area contributed by atoms with Gasteiger partial charge in [0, 0.05) is 37.1 Å². The van der Waals surface area contributed by atoms with E-state index in [0.29, 0.717) is 0 Å². The molecule has 2 heterocycles. The zero-order valence-corrected chi connectivity index (χ0v) is 28.6. The zero-order chi connectivity index (χ0) is 33.9. The van der Waals surface area contributed by atoms with Crippen LogP contribution in [0, 0.1) is 25.7 Å². The summed E-state index contributed by atoms with van der Waals surface area (Å²) >= 11 is 0. The average Bonchev–Trinajstić information content (AvgIpc) is 3.56. The summed E-state index contributed by atoms with van der Waals surface area (Å²) in [4.78, 5) is 0. The summed E-state index contributed by atoms with van der Waals surface area (Å²) in [6.45, 7) is 7.70. The second-order valence-electron chi connectivity index (χ2n) is 13.0. The fourth-order valence-corrected chi connectivity index (χ4v) is 7.09. The molecule has 4 nitrogen and oxygen atoms in total. The first kappa shape index (κ1) is 31.1. The molecule has 50 heavy (non-hydrogen) atoms. The summed E-state index contributed by atoms with van der Waals surface area (Å²) in [5.41, 5.74) is 12.0. The average molecular weight is 649 g/mol. The minimum atomic E-state index is 0.805. The maximum Gasteiger partial charge on any atom is 0.254 e. The van der Waals surface area contributed by atoms with E-state index in [2.05, 4.69) is 202 Å². The number of benzene rings is 6. The Labute approximate surface area is 294 Å². The molecule has 4 heteroatoms. The molecule has 0 amide bonds. The summed E-state index contributed by atoms with van der Waals surface area (Å²) in [5.74, 6) is 9.51.